The summed E-state index contributed by atoms with van der Waals surface area (Å²) in [5.41, 5.74) is 45.7. The van der Waals surface area contributed by atoms with Crippen molar-refractivity contribution in [2.24, 2.45) is 5.92 Å². The maximum Gasteiger partial charge on any atom is 0.257 e. The van der Waals surface area contributed by atoms with Crippen molar-refractivity contribution in [3.8, 4) is 11.1 Å². The molecule has 11 aromatic carbocycles. The highest BCUT2D eigenvalue weighted by molar-refractivity contribution is 7.02. The molecule has 0 amide bonds. The summed E-state index contributed by atoms with van der Waals surface area (Å²) in [6, 6.07) is 75.4. The van der Waals surface area contributed by atoms with E-state index in [0.29, 0.717) is 0 Å². The Labute approximate surface area is 834 Å². The first-order valence-corrected chi connectivity index (χ1v) is 53.4. The third-order valence-electron chi connectivity index (χ3n) is 38.6. The van der Waals surface area contributed by atoms with Crippen LogP contribution in [0.25, 0.3) is 33.1 Å². The highest BCUT2D eigenvalue weighted by atomic mass is 16.4. The Kier molecular flexibility index (Phi) is 19.5. The molecule has 13 aromatic rings. The van der Waals surface area contributed by atoms with Gasteiger partial charge >= 0.3 is 0 Å². The molecule has 0 bridgehead atoms. The summed E-state index contributed by atoms with van der Waals surface area (Å²) in [5.74, 6) is 2.13. The predicted octanol–water partition coefficient (Wildman–Crippen LogP) is 32.6. The lowest BCUT2D eigenvalue weighted by atomic mass is 9.33. The second-order valence-corrected chi connectivity index (χ2v) is 56.3. The zero-order valence-electron chi connectivity index (χ0n) is 90.6. The molecular formula is C131H154B2N4O2. The van der Waals surface area contributed by atoms with Crippen molar-refractivity contribution in [2.45, 2.75) is 387 Å². The van der Waals surface area contributed by atoms with Crippen LogP contribution in [0.3, 0.4) is 0 Å². The zero-order chi connectivity index (χ0) is 98.7. The summed E-state index contributed by atoms with van der Waals surface area (Å²) < 4.78 is 16.3. The lowest BCUT2D eigenvalue weighted by Crippen LogP contribution is -2.61. The van der Waals surface area contributed by atoms with Gasteiger partial charge in [0.25, 0.3) is 13.4 Å². The molecule has 23 rings (SSSR count). The van der Waals surface area contributed by atoms with E-state index in [9.17, 15) is 0 Å². The van der Waals surface area contributed by atoms with Gasteiger partial charge in [0.2, 0.25) is 11.8 Å². The van der Waals surface area contributed by atoms with E-state index < -0.39 is 5.41 Å². The fourth-order valence-electron chi connectivity index (χ4n) is 28.7. The molecule has 6 aliphatic carbocycles. The van der Waals surface area contributed by atoms with Crippen molar-refractivity contribution in [3.63, 3.8) is 0 Å². The molecule has 10 aliphatic rings. The van der Waals surface area contributed by atoms with Crippen molar-refractivity contribution in [2.75, 3.05) is 19.6 Å². The normalized spacial score (nSPS) is 21.4. The summed E-state index contributed by atoms with van der Waals surface area (Å²) in [6.07, 6.45) is 13.2. The Morgan fingerprint density at radius 1 is 0.281 bits per heavy atom. The number of furan rings is 2. The Morgan fingerprint density at radius 2 is 0.612 bits per heavy atom. The van der Waals surface area contributed by atoms with Gasteiger partial charge in [-0.2, -0.15) is 0 Å². The molecule has 0 saturated carbocycles. The van der Waals surface area contributed by atoms with Crippen molar-refractivity contribution in [1.82, 2.24) is 0 Å². The lowest BCUT2D eigenvalue weighted by Gasteiger charge is -2.50. The number of aryl methyl sites for hydroxylation is 1. The van der Waals surface area contributed by atoms with E-state index in [-0.39, 0.29) is 95.2 Å². The van der Waals surface area contributed by atoms with Gasteiger partial charge in [0.05, 0.1) is 0 Å². The van der Waals surface area contributed by atoms with Crippen LogP contribution in [0.5, 0.6) is 0 Å². The van der Waals surface area contributed by atoms with Gasteiger partial charge in [-0.1, -0.05) is 294 Å². The summed E-state index contributed by atoms with van der Waals surface area (Å²) in [6.45, 7) is 82.4. The number of benzene rings is 11. The third-order valence-corrected chi connectivity index (χ3v) is 38.6. The van der Waals surface area contributed by atoms with Crippen LogP contribution in [0.4, 0.5) is 68.6 Å². The molecule has 0 spiro atoms. The minimum atomic E-state index is -0.413. The minimum absolute atomic E-state index is 0.0132. The van der Waals surface area contributed by atoms with Crippen LogP contribution in [0.2, 0.25) is 0 Å². The fourth-order valence-corrected chi connectivity index (χ4v) is 28.7. The van der Waals surface area contributed by atoms with Gasteiger partial charge in [-0.3, -0.25) is 9.80 Å². The van der Waals surface area contributed by atoms with Crippen LogP contribution in [0.1, 0.15) is 388 Å². The fraction of sp³-hybridized carbons (Fsp3) is 0.466. The number of hydrogen-bond acceptors (Lipinski definition) is 6. The first-order valence-electron chi connectivity index (χ1n) is 53.4. The molecular weight excluding hydrogens is 1680 g/mol. The second-order valence-electron chi connectivity index (χ2n) is 56.3. The molecule has 6 heterocycles. The van der Waals surface area contributed by atoms with E-state index >= 15 is 0 Å². The monoisotopic (exact) mass is 1840 g/mol. The molecule has 0 saturated heterocycles. The lowest BCUT2D eigenvalue weighted by molar-refractivity contribution is 0.173. The average molecular weight is 1840 g/mol. The third kappa shape index (κ3) is 13.8. The highest BCUT2D eigenvalue weighted by Gasteiger charge is 2.56. The van der Waals surface area contributed by atoms with Crippen molar-refractivity contribution in [3.05, 3.63) is 271 Å². The largest absolute Gasteiger partial charge is 0.440 e. The van der Waals surface area contributed by atoms with Crippen molar-refractivity contribution >= 4 is 137 Å². The van der Waals surface area contributed by atoms with Crippen LogP contribution in [-0.2, 0) is 81.2 Å². The Morgan fingerprint density at radius 3 is 1.03 bits per heavy atom. The maximum atomic E-state index is 8.19. The van der Waals surface area contributed by atoms with Gasteiger partial charge in [0, 0.05) is 78.6 Å². The quantitative estimate of drug-likeness (QED) is 0.141. The summed E-state index contributed by atoms with van der Waals surface area (Å²) in [4.78, 5) is 10.8. The smallest absolute Gasteiger partial charge is 0.257 e. The maximum absolute atomic E-state index is 8.19. The van der Waals surface area contributed by atoms with E-state index in [1.54, 1.807) is 0 Å². The van der Waals surface area contributed by atoms with E-state index in [1.807, 2.05) is 0 Å². The topological polar surface area (TPSA) is 39.2 Å². The van der Waals surface area contributed by atoms with Gasteiger partial charge in [-0.05, 0) is 402 Å². The first kappa shape index (κ1) is 92.5. The number of anilines is 12. The van der Waals surface area contributed by atoms with Gasteiger partial charge < -0.3 is 18.6 Å². The average Bonchev–Trinajstić information content (AvgIpc) is 1.64. The molecule has 8 heteroatoms. The first-order chi connectivity index (χ1) is 64.7. The summed E-state index contributed by atoms with van der Waals surface area (Å²) in [7, 11) is 0. The van der Waals surface area contributed by atoms with Crippen LogP contribution < -0.4 is 52.4 Å². The van der Waals surface area contributed by atoms with E-state index in [4.69, 9.17) is 8.83 Å². The molecule has 716 valence electrons. The van der Waals surface area contributed by atoms with Crippen molar-refractivity contribution in [1.29, 1.82) is 0 Å². The van der Waals surface area contributed by atoms with E-state index in [1.165, 1.54) is 195 Å². The number of hydrogen-bond donors (Lipinski definition) is 0. The van der Waals surface area contributed by atoms with Gasteiger partial charge in [0.1, 0.15) is 11.2 Å². The zero-order valence-corrected chi connectivity index (χ0v) is 90.6. The molecule has 1 unspecified atom stereocenters. The van der Waals surface area contributed by atoms with E-state index in [0.717, 1.165) is 106 Å². The van der Waals surface area contributed by atoms with Crippen LogP contribution >= 0.6 is 0 Å². The van der Waals surface area contributed by atoms with Crippen LogP contribution in [0, 0.1) is 12.8 Å². The van der Waals surface area contributed by atoms with Gasteiger partial charge in [-0.25, -0.2) is 0 Å². The molecule has 139 heavy (non-hydrogen) atoms. The van der Waals surface area contributed by atoms with E-state index in [2.05, 4.69) is 430 Å². The Bertz CT molecular complexity index is 7390. The summed E-state index contributed by atoms with van der Waals surface area (Å²) >= 11 is 0. The SMILES string of the molecule is Cc1cc2c3c(c1)N(c1ccc4c(c1)C(C)(C)CCC4(C)C)c1oc4cc5c(cc4c1B3c1cc3c(cc1N2c1ccc(-c2ccccc2)cc1)C(C)(C)CCC3(C)C)C(C)(C)C(CC(C)(C)c1cc2c3c(c1)N(c1ccc4c(c1)C(C)(C)CCC4(C)C)c1oc4cc6c(cc4c1B3c1cc3c(cc1N2c1cc(C(C)(C)C)cc(C(C)(C)C)c1)C(C)(C)CCC3(C)C)C(C)(C)CCC6(C)C)CC5(C)C. The van der Waals surface area contributed by atoms with Crippen LogP contribution in [-0.4, -0.2) is 13.4 Å². The molecule has 0 N–H and O–H groups in total. The molecule has 2 aromatic heterocycles. The molecule has 0 fully saturated rings. The van der Waals surface area contributed by atoms with Crippen LogP contribution in [0.15, 0.2) is 191 Å². The number of nitrogens with zero attached hydrogens (tertiary/aromatic N) is 4. The Balaban J connectivity index is 0.761. The number of rotatable bonds is 8. The summed E-state index contributed by atoms with van der Waals surface area (Å²) in [5, 5.41) is 2.47. The molecule has 6 nitrogen and oxygen atoms in total. The van der Waals surface area contributed by atoms with Gasteiger partial charge in [0.15, 0.2) is 0 Å². The van der Waals surface area contributed by atoms with Crippen molar-refractivity contribution < 1.29 is 8.83 Å². The predicted molar refractivity (Wildman–Crippen MR) is 596 cm³/mol. The Hall–Kier alpha value is -10.2. The molecule has 1 atom stereocenters. The standard InChI is InChI=1S/C131H154B2N4O2/c1-76-57-105-113-106(58-76)136(84-43-45-89-91(64-84)121(12,13)49-47-119(89,8)9)115-112(132(113)101-68-94-96(126(22,23)54-52-124(94,18)19)70-103(101)134(105)83-41-39-78(40-42-83)77-37-35-34-36-38-77)88-67-100-99(73-110(88)139-115)130(30,31)75-82(131(100,32)33)74-129(28,29)81-62-107-114-108(63-81)137(85-44-46-90-92(65-85)122(14,15)50-48-120(90,10)11)116-111(87-66-93-98(72-109(87)138-116)128(26,27)56-51-123(93,16)17)133(114)102-69-95-97(127(24,25)55-53-125(95,20)21)71-104(102)135(107)86-60-79(117(2,3)4)59-80(61-86)118(5,6)7/h34-46,57-73,82H,47-56,74-75H2,1-33H3. The van der Waals surface area contributed by atoms with Gasteiger partial charge in [-0.15, -0.1) is 0 Å². The second kappa shape index (κ2) is 29.3. The number of fused-ring (bicyclic) bond motifs is 18. The minimum Gasteiger partial charge on any atom is -0.440 e. The highest BCUT2D eigenvalue weighted by Crippen LogP contribution is 2.62. The molecule has 4 aliphatic heterocycles. The molecule has 0 radical (unpaired) electrons.